The molecule has 1 aliphatic rings. The Kier molecular flexibility index (Phi) is 11.1. The van der Waals surface area contributed by atoms with Crippen LogP contribution >= 0.6 is 24.0 Å². The maximum atomic E-state index is 5.16. The number of piperidine rings is 1. The first-order valence-electron chi connectivity index (χ1n) is 8.96. The van der Waals surface area contributed by atoms with Crippen LogP contribution in [0.25, 0.3) is 0 Å². The number of rotatable bonds is 7. The van der Waals surface area contributed by atoms with Crippen molar-refractivity contribution in [1.82, 2.24) is 15.5 Å². The fraction of sp³-hybridized carbons (Fsp3) is 0.632. The van der Waals surface area contributed by atoms with Crippen LogP contribution in [-0.4, -0.2) is 57.8 Å². The average Bonchev–Trinajstić information content (AvgIpc) is 2.64. The number of hydrogen-bond acceptors (Lipinski definition) is 3. The van der Waals surface area contributed by atoms with E-state index in [0.29, 0.717) is 0 Å². The Morgan fingerprint density at radius 2 is 1.96 bits per heavy atom. The molecule has 0 aromatic heterocycles. The zero-order valence-corrected chi connectivity index (χ0v) is 18.0. The predicted molar refractivity (Wildman–Crippen MR) is 116 cm³/mol. The van der Waals surface area contributed by atoms with E-state index in [2.05, 4.69) is 51.7 Å². The molecule has 0 bridgehead atoms. The Morgan fingerprint density at radius 3 is 2.56 bits per heavy atom. The highest BCUT2D eigenvalue weighted by molar-refractivity contribution is 14.0. The molecule has 0 radical (unpaired) electrons. The predicted octanol–water partition coefficient (Wildman–Crippen LogP) is 2.89. The van der Waals surface area contributed by atoms with Gasteiger partial charge in [0.25, 0.3) is 0 Å². The molecule has 1 atom stereocenters. The molecule has 6 heteroatoms. The van der Waals surface area contributed by atoms with Gasteiger partial charge in [-0.25, -0.2) is 0 Å². The number of guanidine groups is 1. The highest BCUT2D eigenvalue weighted by atomic mass is 127. The Hall–Kier alpha value is -0.860. The SMILES string of the molecule is CN=C(NCC1CCN(CCOC)CC1)NC(C)c1ccccc1.I. The lowest BCUT2D eigenvalue weighted by molar-refractivity contribution is 0.121. The van der Waals surface area contributed by atoms with Gasteiger partial charge in [0, 0.05) is 27.2 Å². The van der Waals surface area contributed by atoms with Gasteiger partial charge in [-0.15, -0.1) is 24.0 Å². The minimum absolute atomic E-state index is 0. The van der Waals surface area contributed by atoms with Gasteiger partial charge < -0.3 is 20.3 Å². The lowest BCUT2D eigenvalue weighted by atomic mass is 9.97. The number of methoxy groups -OCH3 is 1. The van der Waals surface area contributed by atoms with Gasteiger partial charge in [-0.2, -0.15) is 0 Å². The molecule has 5 nitrogen and oxygen atoms in total. The topological polar surface area (TPSA) is 48.9 Å². The average molecular weight is 460 g/mol. The van der Waals surface area contributed by atoms with E-state index in [9.17, 15) is 0 Å². The highest BCUT2D eigenvalue weighted by Gasteiger charge is 2.19. The zero-order valence-electron chi connectivity index (χ0n) is 15.7. The van der Waals surface area contributed by atoms with Gasteiger partial charge in [0.15, 0.2) is 5.96 Å². The number of nitrogens with one attached hydrogen (secondary N) is 2. The summed E-state index contributed by atoms with van der Waals surface area (Å²) in [5.74, 6) is 1.60. The molecule has 2 rings (SSSR count). The van der Waals surface area contributed by atoms with Crippen LogP contribution in [0.5, 0.6) is 0 Å². The van der Waals surface area contributed by atoms with Gasteiger partial charge >= 0.3 is 0 Å². The standard InChI is InChI=1S/C19H32N4O.HI/c1-16(18-7-5-4-6-8-18)22-19(20-2)21-15-17-9-11-23(12-10-17)13-14-24-3;/h4-8,16-17H,9-15H2,1-3H3,(H2,20,21,22);1H. The summed E-state index contributed by atoms with van der Waals surface area (Å²) in [6.45, 7) is 7.37. The van der Waals surface area contributed by atoms with Crippen molar-refractivity contribution < 1.29 is 4.74 Å². The van der Waals surface area contributed by atoms with Gasteiger partial charge in [-0.1, -0.05) is 30.3 Å². The van der Waals surface area contributed by atoms with Crippen LogP contribution in [0.15, 0.2) is 35.3 Å². The van der Waals surface area contributed by atoms with Gasteiger partial charge in [0.1, 0.15) is 0 Å². The second kappa shape index (κ2) is 12.5. The van der Waals surface area contributed by atoms with E-state index < -0.39 is 0 Å². The monoisotopic (exact) mass is 460 g/mol. The third-order valence-electron chi connectivity index (χ3n) is 4.75. The Balaban J connectivity index is 0.00000312. The van der Waals surface area contributed by atoms with Gasteiger partial charge in [0.2, 0.25) is 0 Å². The maximum absolute atomic E-state index is 5.16. The Bertz CT molecular complexity index is 489. The quantitative estimate of drug-likeness (QED) is 0.373. The summed E-state index contributed by atoms with van der Waals surface area (Å²) in [7, 11) is 3.60. The summed E-state index contributed by atoms with van der Waals surface area (Å²) in [5, 5.41) is 6.96. The number of nitrogens with zero attached hydrogens (tertiary/aromatic N) is 2. The second-order valence-corrected chi connectivity index (χ2v) is 6.51. The molecule has 0 saturated carbocycles. The fourth-order valence-electron chi connectivity index (χ4n) is 3.10. The number of likely N-dealkylation sites (tertiary alicyclic amines) is 1. The number of benzene rings is 1. The molecule has 2 N–H and O–H groups in total. The first kappa shape index (κ1) is 22.2. The molecule has 1 aromatic rings. The van der Waals surface area contributed by atoms with Crippen LogP contribution in [0, 0.1) is 5.92 Å². The third kappa shape index (κ3) is 7.92. The second-order valence-electron chi connectivity index (χ2n) is 6.51. The van der Waals surface area contributed by atoms with Crippen molar-refractivity contribution in [3.63, 3.8) is 0 Å². The molecule has 1 saturated heterocycles. The number of halogens is 1. The van der Waals surface area contributed by atoms with E-state index in [-0.39, 0.29) is 30.0 Å². The minimum atomic E-state index is 0. The molecular formula is C19H33IN4O. The van der Waals surface area contributed by atoms with Crippen molar-refractivity contribution in [1.29, 1.82) is 0 Å². The van der Waals surface area contributed by atoms with Crippen molar-refractivity contribution >= 4 is 29.9 Å². The van der Waals surface area contributed by atoms with Crippen LogP contribution in [-0.2, 0) is 4.74 Å². The van der Waals surface area contributed by atoms with Gasteiger partial charge in [0.05, 0.1) is 12.6 Å². The molecule has 1 fully saturated rings. The van der Waals surface area contributed by atoms with Crippen molar-refractivity contribution in [2.45, 2.75) is 25.8 Å². The minimum Gasteiger partial charge on any atom is -0.383 e. The fourth-order valence-corrected chi connectivity index (χ4v) is 3.10. The summed E-state index contributed by atoms with van der Waals surface area (Å²) < 4.78 is 5.16. The molecule has 0 amide bonds. The molecule has 1 aromatic carbocycles. The first-order valence-corrected chi connectivity index (χ1v) is 8.96. The first-order chi connectivity index (χ1) is 11.7. The molecule has 1 unspecified atom stereocenters. The highest BCUT2D eigenvalue weighted by Crippen LogP contribution is 2.16. The van der Waals surface area contributed by atoms with Crippen molar-refractivity contribution in [2.24, 2.45) is 10.9 Å². The summed E-state index contributed by atoms with van der Waals surface area (Å²) >= 11 is 0. The maximum Gasteiger partial charge on any atom is 0.191 e. The lowest BCUT2D eigenvalue weighted by Crippen LogP contribution is -2.43. The molecule has 1 heterocycles. The Labute approximate surface area is 169 Å². The van der Waals surface area contributed by atoms with Crippen LogP contribution in [0.3, 0.4) is 0 Å². The van der Waals surface area contributed by atoms with Gasteiger partial charge in [-0.3, -0.25) is 4.99 Å². The van der Waals surface area contributed by atoms with Gasteiger partial charge in [-0.05, 0) is 44.3 Å². The Morgan fingerprint density at radius 1 is 1.28 bits per heavy atom. The van der Waals surface area contributed by atoms with E-state index in [1.807, 2.05) is 13.1 Å². The molecule has 142 valence electrons. The van der Waals surface area contributed by atoms with Crippen molar-refractivity contribution in [3.8, 4) is 0 Å². The molecule has 0 spiro atoms. The van der Waals surface area contributed by atoms with E-state index in [1.54, 1.807) is 7.11 Å². The lowest BCUT2D eigenvalue weighted by Gasteiger charge is -2.32. The van der Waals surface area contributed by atoms with Crippen LogP contribution < -0.4 is 10.6 Å². The largest absolute Gasteiger partial charge is 0.383 e. The third-order valence-corrected chi connectivity index (χ3v) is 4.75. The normalized spacial score (nSPS) is 17.6. The molecule has 1 aliphatic heterocycles. The number of ether oxygens (including phenoxy) is 1. The molecule has 0 aliphatic carbocycles. The van der Waals surface area contributed by atoms with E-state index in [4.69, 9.17) is 4.74 Å². The number of aliphatic imine (C=N–C) groups is 1. The zero-order chi connectivity index (χ0) is 17.2. The van der Waals surface area contributed by atoms with E-state index >= 15 is 0 Å². The molecular weight excluding hydrogens is 427 g/mol. The molecule has 25 heavy (non-hydrogen) atoms. The van der Waals surface area contributed by atoms with E-state index in [0.717, 1.165) is 31.6 Å². The van der Waals surface area contributed by atoms with E-state index in [1.165, 1.54) is 31.5 Å². The summed E-state index contributed by atoms with van der Waals surface area (Å²) in [6.07, 6.45) is 2.48. The summed E-state index contributed by atoms with van der Waals surface area (Å²) in [4.78, 5) is 6.85. The van der Waals surface area contributed by atoms with Crippen LogP contribution in [0.1, 0.15) is 31.4 Å². The summed E-state index contributed by atoms with van der Waals surface area (Å²) in [5.41, 5.74) is 1.27. The van der Waals surface area contributed by atoms with Crippen LogP contribution in [0.2, 0.25) is 0 Å². The van der Waals surface area contributed by atoms with Crippen molar-refractivity contribution in [2.75, 3.05) is 46.9 Å². The summed E-state index contributed by atoms with van der Waals surface area (Å²) in [6, 6.07) is 10.7. The van der Waals surface area contributed by atoms with Crippen LogP contribution in [0.4, 0.5) is 0 Å². The number of hydrogen-bond donors (Lipinski definition) is 2. The smallest absolute Gasteiger partial charge is 0.191 e. The van der Waals surface area contributed by atoms with Crippen molar-refractivity contribution in [3.05, 3.63) is 35.9 Å².